The van der Waals surface area contributed by atoms with Crippen LogP contribution in [0.1, 0.15) is 32.6 Å². The van der Waals surface area contributed by atoms with Gasteiger partial charge in [-0.2, -0.15) is 5.26 Å². The zero-order valence-electron chi connectivity index (χ0n) is 12.7. The van der Waals surface area contributed by atoms with E-state index in [2.05, 4.69) is 23.2 Å². The first-order valence-electron chi connectivity index (χ1n) is 7.41. The Balaban J connectivity index is 2.50. The number of carbonyl (C=O) groups is 1. The molecule has 0 saturated carbocycles. The van der Waals surface area contributed by atoms with Crippen molar-refractivity contribution in [2.75, 3.05) is 25.0 Å². The van der Waals surface area contributed by atoms with Gasteiger partial charge in [0.2, 0.25) is 5.91 Å². The van der Waals surface area contributed by atoms with Crippen molar-refractivity contribution >= 4 is 34.8 Å². The summed E-state index contributed by atoms with van der Waals surface area (Å²) in [5.74, 6) is -0.0991. The van der Waals surface area contributed by atoms with E-state index in [1.165, 1.54) is 0 Å². The summed E-state index contributed by atoms with van der Waals surface area (Å²) in [7, 11) is 0. The first-order chi connectivity index (χ1) is 10.6. The number of unbranched alkanes of at least 4 members (excludes halogenated alkanes) is 2. The molecule has 0 fully saturated rings. The molecule has 0 saturated heterocycles. The summed E-state index contributed by atoms with van der Waals surface area (Å²) in [4.78, 5) is 14.2. The van der Waals surface area contributed by atoms with Crippen molar-refractivity contribution in [3.05, 3.63) is 28.2 Å². The van der Waals surface area contributed by atoms with Crippen LogP contribution in [0.25, 0.3) is 0 Å². The number of nitrogens with zero attached hydrogens (tertiary/aromatic N) is 2. The lowest BCUT2D eigenvalue weighted by atomic mass is 10.2. The second-order valence-electron chi connectivity index (χ2n) is 5.06. The average Bonchev–Trinajstić information content (AvgIpc) is 2.46. The maximum absolute atomic E-state index is 12.1. The summed E-state index contributed by atoms with van der Waals surface area (Å²) in [6.07, 6.45) is 3.32. The SMILES string of the molecule is CCCN(CCCCC#N)CC(=O)Nc1ccc(Cl)cc1Cl. The molecule has 1 rings (SSSR count). The number of halogens is 2. The molecular formula is C16H21Cl2N3O. The highest BCUT2D eigenvalue weighted by Crippen LogP contribution is 2.25. The Kier molecular flexibility index (Phi) is 8.91. The van der Waals surface area contributed by atoms with E-state index >= 15 is 0 Å². The zero-order chi connectivity index (χ0) is 16.4. The summed E-state index contributed by atoms with van der Waals surface area (Å²) in [6.45, 7) is 4.07. The third-order valence-corrected chi connectivity index (χ3v) is 3.67. The predicted octanol–water partition coefficient (Wildman–Crippen LogP) is 4.34. The van der Waals surface area contributed by atoms with Gasteiger partial charge in [-0.3, -0.25) is 9.69 Å². The van der Waals surface area contributed by atoms with Crippen molar-refractivity contribution in [3.8, 4) is 6.07 Å². The standard InChI is InChI=1S/C16H21Cl2N3O/c1-2-9-21(10-5-3-4-8-19)12-16(22)20-15-7-6-13(17)11-14(15)18/h6-7,11H,2-5,9-10,12H2,1H3,(H,20,22). The van der Waals surface area contributed by atoms with E-state index in [4.69, 9.17) is 28.5 Å². The highest BCUT2D eigenvalue weighted by Gasteiger charge is 2.11. The molecule has 0 aliphatic heterocycles. The molecule has 0 heterocycles. The van der Waals surface area contributed by atoms with E-state index in [1.807, 2.05) is 0 Å². The van der Waals surface area contributed by atoms with Crippen LogP contribution in [0.15, 0.2) is 18.2 Å². The van der Waals surface area contributed by atoms with Crippen molar-refractivity contribution in [1.82, 2.24) is 4.90 Å². The largest absolute Gasteiger partial charge is 0.324 e. The highest BCUT2D eigenvalue weighted by molar-refractivity contribution is 6.36. The molecule has 22 heavy (non-hydrogen) atoms. The first kappa shape index (κ1) is 18.8. The number of amides is 1. The van der Waals surface area contributed by atoms with Gasteiger partial charge in [-0.15, -0.1) is 0 Å². The van der Waals surface area contributed by atoms with E-state index in [1.54, 1.807) is 18.2 Å². The average molecular weight is 342 g/mol. The molecule has 0 aliphatic rings. The van der Waals surface area contributed by atoms with Crippen LogP contribution in [0, 0.1) is 11.3 Å². The molecule has 0 unspecified atom stereocenters. The van der Waals surface area contributed by atoms with E-state index in [-0.39, 0.29) is 5.91 Å². The van der Waals surface area contributed by atoms with Crippen molar-refractivity contribution in [3.63, 3.8) is 0 Å². The number of rotatable bonds is 9. The molecule has 6 heteroatoms. The second-order valence-corrected chi connectivity index (χ2v) is 5.91. The second kappa shape index (κ2) is 10.4. The molecule has 0 bridgehead atoms. The molecule has 1 aromatic carbocycles. The van der Waals surface area contributed by atoms with Crippen LogP contribution in [0.2, 0.25) is 10.0 Å². The number of benzene rings is 1. The molecular weight excluding hydrogens is 321 g/mol. The monoisotopic (exact) mass is 341 g/mol. The smallest absolute Gasteiger partial charge is 0.238 e. The van der Waals surface area contributed by atoms with Crippen molar-refractivity contribution in [2.24, 2.45) is 0 Å². The van der Waals surface area contributed by atoms with E-state index < -0.39 is 0 Å². The van der Waals surface area contributed by atoms with E-state index in [0.29, 0.717) is 28.7 Å². The molecule has 0 atom stereocenters. The number of hydrogen-bond acceptors (Lipinski definition) is 3. The number of anilines is 1. The third kappa shape index (κ3) is 7.13. The topological polar surface area (TPSA) is 56.1 Å². The lowest BCUT2D eigenvalue weighted by Crippen LogP contribution is -2.34. The molecule has 1 amide bonds. The molecule has 0 aliphatic carbocycles. The van der Waals surface area contributed by atoms with Gasteiger partial charge in [0.1, 0.15) is 0 Å². The number of nitrogens with one attached hydrogen (secondary N) is 1. The number of carbonyl (C=O) groups excluding carboxylic acids is 1. The Labute approximate surface area is 142 Å². The Morgan fingerprint density at radius 3 is 2.73 bits per heavy atom. The Hall–Kier alpha value is -1.28. The predicted molar refractivity (Wildman–Crippen MR) is 91.3 cm³/mol. The van der Waals surface area contributed by atoms with Gasteiger partial charge >= 0.3 is 0 Å². The maximum Gasteiger partial charge on any atom is 0.238 e. The molecule has 0 spiro atoms. The fourth-order valence-corrected chi connectivity index (χ4v) is 2.57. The normalized spacial score (nSPS) is 10.5. The Bertz CT molecular complexity index is 529. The fraction of sp³-hybridized carbons (Fsp3) is 0.500. The number of nitriles is 1. The highest BCUT2D eigenvalue weighted by atomic mass is 35.5. The van der Waals surface area contributed by atoms with Gasteiger partial charge in [0.25, 0.3) is 0 Å². The van der Waals surface area contributed by atoms with E-state index in [9.17, 15) is 4.79 Å². The quantitative estimate of drug-likeness (QED) is 0.679. The van der Waals surface area contributed by atoms with Crippen LogP contribution in [-0.4, -0.2) is 30.4 Å². The van der Waals surface area contributed by atoms with Crippen molar-refractivity contribution in [2.45, 2.75) is 32.6 Å². The van der Waals surface area contributed by atoms with Gasteiger partial charge in [-0.25, -0.2) is 0 Å². The molecule has 4 nitrogen and oxygen atoms in total. The minimum Gasteiger partial charge on any atom is -0.324 e. The molecule has 120 valence electrons. The van der Waals surface area contributed by atoms with Crippen molar-refractivity contribution < 1.29 is 4.79 Å². The summed E-state index contributed by atoms with van der Waals surface area (Å²) in [5.41, 5.74) is 0.567. The lowest BCUT2D eigenvalue weighted by Gasteiger charge is -2.21. The Morgan fingerprint density at radius 1 is 1.32 bits per heavy atom. The van der Waals surface area contributed by atoms with Crippen LogP contribution in [0.5, 0.6) is 0 Å². The zero-order valence-corrected chi connectivity index (χ0v) is 14.3. The van der Waals surface area contributed by atoms with Crippen LogP contribution < -0.4 is 5.32 Å². The van der Waals surface area contributed by atoms with E-state index in [0.717, 1.165) is 32.4 Å². The van der Waals surface area contributed by atoms with Crippen LogP contribution >= 0.6 is 23.2 Å². The molecule has 0 aromatic heterocycles. The maximum atomic E-state index is 12.1. The van der Waals surface area contributed by atoms with Gasteiger partial charge in [0.15, 0.2) is 0 Å². The van der Waals surface area contributed by atoms with Gasteiger partial charge in [-0.05, 0) is 50.6 Å². The number of hydrogen-bond donors (Lipinski definition) is 1. The molecule has 1 aromatic rings. The lowest BCUT2D eigenvalue weighted by molar-refractivity contribution is -0.117. The minimum absolute atomic E-state index is 0.0991. The van der Waals surface area contributed by atoms with Gasteiger partial charge in [-0.1, -0.05) is 30.1 Å². The van der Waals surface area contributed by atoms with Crippen LogP contribution in [-0.2, 0) is 4.79 Å². The molecule has 1 N–H and O–H groups in total. The summed E-state index contributed by atoms with van der Waals surface area (Å²) in [6, 6.07) is 7.12. The summed E-state index contributed by atoms with van der Waals surface area (Å²) >= 11 is 11.9. The fourth-order valence-electron chi connectivity index (χ4n) is 2.11. The summed E-state index contributed by atoms with van der Waals surface area (Å²) in [5, 5.41) is 12.3. The van der Waals surface area contributed by atoms with Gasteiger partial charge in [0, 0.05) is 11.4 Å². The van der Waals surface area contributed by atoms with Crippen LogP contribution in [0.4, 0.5) is 5.69 Å². The minimum atomic E-state index is -0.0991. The third-order valence-electron chi connectivity index (χ3n) is 3.13. The molecule has 0 radical (unpaired) electrons. The summed E-state index contributed by atoms with van der Waals surface area (Å²) < 4.78 is 0. The first-order valence-corrected chi connectivity index (χ1v) is 8.16. The van der Waals surface area contributed by atoms with Gasteiger partial charge < -0.3 is 5.32 Å². The van der Waals surface area contributed by atoms with Crippen LogP contribution in [0.3, 0.4) is 0 Å². The van der Waals surface area contributed by atoms with Gasteiger partial charge in [0.05, 0.1) is 23.3 Å². The Morgan fingerprint density at radius 2 is 2.09 bits per heavy atom. The van der Waals surface area contributed by atoms with Crippen molar-refractivity contribution in [1.29, 1.82) is 5.26 Å².